The van der Waals surface area contributed by atoms with E-state index in [2.05, 4.69) is 27.0 Å². The largest absolute Gasteiger partial charge is 0.355 e. The van der Waals surface area contributed by atoms with Gasteiger partial charge in [-0.15, -0.1) is 10.2 Å². The first-order valence-corrected chi connectivity index (χ1v) is 10.3. The molecule has 148 valence electrons. The fourth-order valence-electron chi connectivity index (χ4n) is 3.91. The van der Waals surface area contributed by atoms with Crippen molar-refractivity contribution in [3.63, 3.8) is 0 Å². The fraction of sp³-hybridized carbons (Fsp3) is 0.476. The van der Waals surface area contributed by atoms with Crippen LogP contribution in [0, 0.1) is 5.92 Å². The Bertz CT molecular complexity index is 795. The minimum atomic E-state index is 0.140. The molecule has 2 fully saturated rings. The van der Waals surface area contributed by atoms with Gasteiger partial charge in [-0.05, 0) is 44.2 Å². The summed E-state index contributed by atoms with van der Waals surface area (Å²) in [6, 6.07) is 11.6. The summed E-state index contributed by atoms with van der Waals surface area (Å²) in [6.45, 7) is 5.35. The van der Waals surface area contributed by atoms with Gasteiger partial charge in [0.05, 0.1) is 5.69 Å². The van der Waals surface area contributed by atoms with Gasteiger partial charge >= 0.3 is 0 Å². The quantitative estimate of drug-likeness (QED) is 0.794. The average Bonchev–Trinajstić information content (AvgIpc) is 2.75. The van der Waals surface area contributed by atoms with Gasteiger partial charge in [0, 0.05) is 55.8 Å². The van der Waals surface area contributed by atoms with E-state index in [0.29, 0.717) is 10.9 Å². The van der Waals surface area contributed by atoms with Gasteiger partial charge in [-0.1, -0.05) is 23.7 Å². The number of aromatic nitrogens is 2. The summed E-state index contributed by atoms with van der Waals surface area (Å²) in [7, 11) is 2.11. The molecule has 2 saturated heterocycles. The summed E-state index contributed by atoms with van der Waals surface area (Å²) < 4.78 is 0. The lowest BCUT2D eigenvalue weighted by molar-refractivity contribution is -0.137. The summed E-state index contributed by atoms with van der Waals surface area (Å²) in [5, 5.41) is 9.50. The SMILES string of the molecule is CN1CCN(C(=O)C2CCN(c3ccc(-c4ccc(Cl)cc4)nn3)CC2)CC1. The summed E-state index contributed by atoms with van der Waals surface area (Å²) >= 11 is 5.94. The van der Waals surface area contributed by atoms with E-state index in [1.54, 1.807) is 0 Å². The van der Waals surface area contributed by atoms with Crippen LogP contribution >= 0.6 is 11.6 Å². The van der Waals surface area contributed by atoms with E-state index in [1.807, 2.05) is 41.3 Å². The third-order valence-corrected chi connectivity index (χ3v) is 6.03. The Morgan fingerprint density at radius 3 is 2.21 bits per heavy atom. The number of piperazine rings is 1. The van der Waals surface area contributed by atoms with Crippen molar-refractivity contribution in [1.29, 1.82) is 0 Å². The molecule has 3 heterocycles. The summed E-state index contributed by atoms with van der Waals surface area (Å²) in [4.78, 5) is 19.3. The van der Waals surface area contributed by atoms with E-state index in [9.17, 15) is 4.79 Å². The number of halogens is 1. The minimum Gasteiger partial charge on any atom is -0.355 e. The van der Waals surface area contributed by atoms with Crippen LogP contribution in [0.1, 0.15) is 12.8 Å². The van der Waals surface area contributed by atoms with Crippen molar-refractivity contribution in [3.05, 3.63) is 41.4 Å². The van der Waals surface area contributed by atoms with E-state index in [1.165, 1.54) is 0 Å². The molecule has 0 aliphatic carbocycles. The molecule has 2 aliphatic heterocycles. The van der Waals surface area contributed by atoms with Crippen molar-refractivity contribution >= 4 is 23.3 Å². The van der Waals surface area contributed by atoms with Gasteiger partial charge in [0.2, 0.25) is 5.91 Å². The number of hydrogen-bond acceptors (Lipinski definition) is 5. The predicted octanol–water partition coefficient (Wildman–Crippen LogP) is 2.79. The molecule has 1 amide bonds. The van der Waals surface area contributed by atoms with Crippen LogP contribution in [0.15, 0.2) is 36.4 Å². The molecule has 0 saturated carbocycles. The number of hydrogen-bond donors (Lipinski definition) is 0. The van der Waals surface area contributed by atoms with Gasteiger partial charge in [-0.2, -0.15) is 0 Å². The Balaban J connectivity index is 1.33. The molecule has 2 aromatic rings. The molecule has 4 rings (SSSR count). The van der Waals surface area contributed by atoms with Crippen LogP contribution in [-0.4, -0.2) is 72.2 Å². The van der Waals surface area contributed by atoms with Crippen molar-refractivity contribution in [3.8, 4) is 11.3 Å². The molecule has 0 atom stereocenters. The normalized spacial score (nSPS) is 19.1. The zero-order valence-corrected chi connectivity index (χ0v) is 17.0. The molecule has 0 radical (unpaired) electrons. The molecule has 0 N–H and O–H groups in total. The molecule has 1 aromatic heterocycles. The highest BCUT2D eigenvalue weighted by Gasteiger charge is 2.30. The standard InChI is InChI=1S/C21H26ClN5O/c1-25-12-14-27(15-13-25)21(28)17-8-10-26(11-9-17)20-7-6-19(23-24-20)16-2-4-18(22)5-3-16/h2-7,17H,8-15H2,1H3. The second kappa shape index (κ2) is 8.45. The number of carbonyl (C=O) groups is 1. The van der Waals surface area contributed by atoms with Crippen LogP contribution in [0.3, 0.4) is 0 Å². The molecule has 28 heavy (non-hydrogen) atoms. The summed E-state index contributed by atoms with van der Waals surface area (Å²) in [5.74, 6) is 1.35. The van der Waals surface area contributed by atoms with Crippen LogP contribution in [0.2, 0.25) is 5.02 Å². The Labute approximate surface area is 171 Å². The number of anilines is 1. The van der Waals surface area contributed by atoms with Crippen LogP contribution in [0.4, 0.5) is 5.82 Å². The van der Waals surface area contributed by atoms with E-state index >= 15 is 0 Å². The molecule has 7 heteroatoms. The zero-order chi connectivity index (χ0) is 19.5. The maximum Gasteiger partial charge on any atom is 0.225 e. The highest BCUT2D eigenvalue weighted by atomic mass is 35.5. The first-order valence-electron chi connectivity index (χ1n) is 9.92. The summed E-state index contributed by atoms with van der Waals surface area (Å²) in [6.07, 6.45) is 1.76. The molecular formula is C21H26ClN5O. The van der Waals surface area contributed by atoms with Crippen molar-refractivity contribution in [2.24, 2.45) is 5.92 Å². The molecule has 6 nitrogen and oxygen atoms in total. The molecule has 1 aromatic carbocycles. The number of rotatable bonds is 3. The van der Waals surface area contributed by atoms with Gasteiger partial charge in [0.15, 0.2) is 5.82 Å². The highest BCUT2D eigenvalue weighted by molar-refractivity contribution is 6.30. The van der Waals surface area contributed by atoms with Crippen LogP contribution < -0.4 is 4.90 Å². The minimum absolute atomic E-state index is 0.140. The molecular weight excluding hydrogens is 374 g/mol. The third-order valence-electron chi connectivity index (χ3n) is 5.77. The van der Waals surface area contributed by atoms with Crippen molar-refractivity contribution in [2.45, 2.75) is 12.8 Å². The lowest BCUT2D eigenvalue weighted by atomic mass is 9.95. The van der Waals surface area contributed by atoms with Crippen molar-refractivity contribution < 1.29 is 4.79 Å². The van der Waals surface area contributed by atoms with Gasteiger partial charge in [-0.25, -0.2) is 0 Å². The predicted molar refractivity (Wildman–Crippen MR) is 111 cm³/mol. The Kier molecular flexibility index (Phi) is 5.78. The topological polar surface area (TPSA) is 52.6 Å². The number of piperidine rings is 1. The second-order valence-electron chi connectivity index (χ2n) is 7.67. The highest BCUT2D eigenvalue weighted by Crippen LogP contribution is 2.25. The van der Waals surface area contributed by atoms with Crippen LogP contribution in [-0.2, 0) is 4.79 Å². The second-order valence-corrected chi connectivity index (χ2v) is 8.11. The number of amides is 1. The van der Waals surface area contributed by atoms with E-state index < -0.39 is 0 Å². The Hall–Kier alpha value is -2.18. The van der Waals surface area contributed by atoms with Crippen LogP contribution in [0.25, 0.3) is 11.3 Å². The van der Waals surface area contributed by atoms with E-state index in [4.69, 9.17) is 11.6 Å². The van der Waals surface area contributed by atoms with Gasteiger partial charge in [0.25, 0.3) is 0 Å². The van der Waals surface area contributed by atoms with Crippen LogP contribution in [0.5, 0.6) is 0 Å². The van der Waals surface area contributed by atoms with Gasteiger partial charge in [-0.3, -0.25) is 4.79 Å². The maximum absolute atomic E-state index is 12.8. The zero-order valence-electron chi connectivity index (χ0n) is 16.2. The molecule has 0 unspecified atom stereocenters. The average molecular weight is 400 g/mol. The first kappa shape index (κ1) is 19.2. The maximum atomic E-state index is 12.8. The third kappa shape index (κ3) is 4.28. The Morgan fingerprint density at radius 2 is 1.61 bits per heavy atom. The summed E-state index contributed by atoms with van der Waals surface area (Å²) in [5.41, 5.74) is 1.83. The molecule has 0 spiro atoms. The molecule has 0 bridgehead atoms. The smallest absolute Gasteiger partial charge is 0.225 e. The van der Waals surface area contributed by atoms with E-state index in [-0.39, 0.29) is 5.92 Å². The van der Waals surface area contributed by atoms with Gasteiger partial charge < -0.3 is 14.7 Å². The first-order chi connectivity index (χ1) is 13.6. The number of likely N-dealkylation sites (N-methyl/N-ethyl adjacent to an activating group) is 1. The fourth-order valence-corrected chi connectivity index (χ4v) is 4.04. The van der Waals surface area contributed by atoms with E-state index in [0.717, 1.165) is 69.2 Å². The number of carbonyl (C=O) groups excluding carboxylic acids is 1. The monoisotopic (exact) mass is 399 g/mol. The lowest BCUT2D eigenvalue weighted by Crippen LogP contribution is -2.50. The lowest BCUT2D eigenvalue weighted by Gasteiger charge is -2.37. The number of benzene rings is 1. The van der Waals surface area contributed by atoms with Crippen molar-refractivity contribution in [2.75, 3.05) is 51.2 Å². The van der Waals surface area contributed by atoms with Crippen molar-refractivity contribution in [1.82, 2.24) is 20.0 Å². The molecule has 2 aliphatic rings. The van der Waals surface area contributed by atoms with Gasteiger partial charge in [0.1, 0.15) is 0 Å². The number of nitrogens with zero attached hydrogens (tertiary/aromatic N) is 5. The Morgan fingerprint density at radius 1 is 0.929 bits per heavy atom.